The topological polar surface area (TPSA) is 38.3 Å². The smallest absolute Gasteiger partial charge is 0.255 e. The molecule has 152 valence electrons. The van der Waals surface area contributed by atoms with Crippen LogP contribution in [0.4, 0.5) is 5.69 Å². The van der Waals surface area contributed by atoms with Crippen LogP contribution in [0.1, 0.15) is 28.8 Å². The largest absolute Gasteiger partial charge is 1.00 e. The van der Waals surface area contributed by atoms with Gasteiger partial charge in [-0.3, -0.25) is 4.79 Å². The Morgan fingerprint density at radius 1 is 1.11 bits per heavy atom. The number of carbonyl (C=O) groups excluding carboxylic acids is 1. The Hall–Kier alpha value is -1.30. The molecule has 2 aromatic carbocycles. The van der Waals surface area contributed by atoms with Crippen molar-refractivity contribution in [2.24, 2.45) is 0 Å². The molecule has 0 atom stereocenters. The van der Waals surface area contributed by atoms with E-state index >= 15 is 0 Å². The van der Waals surface area contributed by atoms with Gasteiger partial charge in [0.05, 0.1) is 43.4 Å². The van der Waals surface area contributed by atoms with E-state index in [1.165, 1.54) is 5.56 Å². The number of nitrogens with zero attached hydrogens (tertiary/aromatic N) is 1. The van der Waals surface area contributed by atoms with Crippen molar-refractivity contribution in [2.45, 2.75) is 25.4 Å². The molecule has 3 rings (SSSR count). The van der Waals surface area contributed by atoms with E-state index in [2.05, 4.69) is 25.5 Å². The molecular formula is C21H25Cl3N2O2. The van der Waals surface area contributed by atoms with Crippen LogP contribution in [0, 0.1) is 0 Å². The lowest BCUT2D eigenvalue weighted by molar-refractivity contribution is -0.929. The third kappa shape index (κ3) is 5.85. The Bertz CT molecular complexity index is 821. The van der Waals surface area contributed by atoms with Crippen molar-refractivity contribution >= 4 is 34.8 Å². The second-order valence-corrected chi connectivity index (χ2v) is 8.38. The summed E-state index contributed by atoms with van der Waals surface area (Å²) in [5.74, 6) is -0.205. The van der Waals surface area contributed by atoms with Crippen molar-refractivity contribution in [3.63, 3.8) is 0 Å². The molecular weight excluding hydrogens is 419 g/mol. The van der Waals surface area contributed by atoms with Gasteiger partial charge in [0.1, 0.15) is 6.54 Å². The number of ether oxygens (including phenoxy) is 1. The number of anilines is 1. The predicted octanol–water partition coefficient (Wildman–Crippen LogP) is 2.01. The van der Waals surface area contributed by atoms with Gasteiger partial charge in [0.15, 0.2) is 0 Å². The SMILES string of the molecule is C[N+](C)(Cc1cccc(NC(=O)c2ccc(Cl)c(Cl)c2)c1)C1CCOCC1.[Cl-]. The molecule has 1 N–H and O–H groups in total. The fourth-order valence-corrected chi connectivity index (χ4v) is 3.87. The number of rotatable bonds is 5. The van der Waals surface area contributed by atoms with Crippen molar-refractivity contribution in [3.05, 3.63) is 63.6 Å². The Morgan fingerprint density at radius 2 is 1.82 bits per heavy atom. The molecule has 0 aromatic heterocycles. The van der Waals surface area contributed by atoms with E-state index in [1.807, 2.05) is 18.2 Å². The molecule has 0 bridgehead atoms. The van der Waals surface area contributed by atoms with Crippen LogP contribution in [0.15, 0.2) is 42.5 Å². The highest BCUT2D eigenvalue weighted by Gasteiger charge is 2.30. The zero-order valence-electron chi connectivity index (χ0n) is 16.1. The number of halogens is 3. The highest BCUT2D eigenvalue weighted by Crippen LogP contribution is 2.25. The minimum atomic E-state index is -0.205. The molecule has 2 aromatic rings. The van der Waals surface area contributed by atoms with Crippen LogP contribution < -0.4 is 17.7 Å². The van der Waals surface area contributed by atoms with E-state index in [0.29, 0.717) is 21.7 Å². The normalized spacial score (nSPS) is 15.0. The van der Waals surface area contributed by atoms with Gasteiger partial charge in [-0.2, -0.15) is 0 Å². The van der Waals surface area contributed by atoms with Crippen molar-refractivity contribution in [1.82, 2.24) is 0 Å². The zero-order chi connectivity index (χ0) is 19.4. The lowest BCUT2D eigenvalue weighted by atomic mass is 10.0. The van der Waals surface area contributed by atoms with Crippen LogP contribution in [0.5, 0.6) is 0 Å². The molecule has 28 heavy (non-hydrogen) atoms. The maximum absolute atomic E-state index is 12.5. The minimum Gasteiger partial charge on any atom is -1.00 e. The Kier molecular flexibility index (Phi) is 8.17. The fraction of sp³-hybridized carbons (Fsp3) is 0.381. The summed E-state index contributed by atoms with van der Waals surface area (Å²) in [6.07, 6.45) is 2.17. The van der Waals surface area contributed by atoms with Crippen LogP contribution in [0.25, 0.3) is 0 Å². The first-order valence-corrected chi connectivity index (χ1v) is 9.86. The molecule has 7 heteroatoms. The average molecular weight is 444 g/mol. The second-order valence-electron chi connectivity index (χ2n) is 7.56. The number of hydrogen-bond donors (Lipinski definition) is 1. The van der Waals surface area contributed by atoms with Crippen molar-refractivity contribution < 1.29 is 26.4 Å². The van der Waals surface area contributed by atoms with E-state index in [0.717, 1.165) is 42.8 Å². The number of benzene rings is 2. The molecule has 0 spiro atoms. The summed E-state index contributed by atoms with van der Waals surface area (Å²) in [5.41, 5.74) is 2.45. The second kappa shape index (κ2) is 9.95. The lowest BCUT2D eigenvalue weighted by Gasteiger charge is -2.40. The van der Waals surface area contributed by atoms with Gasteiger partial charge in [-0.1, -0.05) is 35.3 Å². The van der Waals surface area contributed by atoms with Gasteiger partial charge in [-0.25, -0.2) is 0 Å². The zero-order valence-corrected chi connectivity index (χ0v) is 18.3. The molecule has 1 aliphatic heterocycles. The van der Waals surface area contributed by atoms with Gasteiger partial charge in [0, 0.05) is 29.7 Å². The molecule has 0 unspecified atom stereocenters. The molecule has 0 saturated carbocycles. The molecule has 1 aliphatic rings. The third-order valence-corrected chi connectivity index (χ3v) is 5.88. The summed E-state index contributed by atoms with van der Waals surface area (Å²) in [4.78, 5) is 12.5. The summed E-state index contributed by atoms with van der Waals surface area (Å²) in [6.45, 7) is 2.58. The molecule has 1 saturated heterocycles. The van der Waals surface area contributed by atoms with Gasteiger partial charge in [-0.15, -0.1) is 0 Å². The number of quaternary nitrogens is 1. The highest BCUT2D eigenvalue weighted by molar-refractivity contribution is 6.42. The molecule has 0 aliphatic carbocycles. The first-order chi connectivity index (χ1) is 12.8. The van der Waals surface area contributed by atoms with Crippen LogP contribution in [-0.2, 0) is 11.3 Å². The van der Waals surface area contributed by atoms with Crippen LogP contribution >= 0.6 is 23.2 Å². The monoisotopic (exact) mass is 442 g/mol. The number of nitrogens with one attached hydrogen (secondary N) is 1. The first-order valence-electron chi connectivity index (χ1n) is 9.11. The van der Waals surface area contributed by atoms with Gasteiger partial charge in [0.25, 0.3) is 5.91 Å². The maximum atomic E-state index is 12.5. The summed E-state index contributed by atoms with van der Waals surface area (Å²) in [5, 5.41) is 3.75. The maximum Gasteiger partial charge on any atom is 0.255 e. The number of amides is 1. The van der Waals surface area contributed by atoms with Gasteiger partial charge >= 0.3 is 0 Å². The van der Waals surface area contributed by atoms with Crippen molar-refractivity contribution in [1.29, 1.82) is 0 Å². The van der Waals surface area contributed by atoms with Crippen molar-refractivity contribution in [2.75, 3.05) is 32.6 Å². The Balaban J connectivity index is 0.00000280. The minimum absolute atomic E-state index is 0. The summed E-state index contributed by atoms with van der Waals surface area (Å²) < 4.78 is 6.40. The summed E-state index contributed by atoms with van der Waals surface area (Å²) >= 11 is 11.9. The van der Waals surface area contributed by atoms with E-state index in [9.17, 15) is 4.79 Å². The van der Waals surface area contributed by atoms with Gasteiger partial charge in [0.2, 0.25) is 0 Å². The first kappa shape index (κ1) is 23.0. The summed E-state index contributed by atoms with van der Waals surface area (Å²) in [6, 6.07) is 13.5. The van der Waals surface area contributed by atoms with Gasteiger partial charge < -0.3 is 26.9 Å². The van der Waals surface area contributed by atoms with Crippen LogP contribution in [-0.4, -0.2) is 43.7 Å². The summed E-state index contributed by atoms with van der Waals surface area (Å²) in [7, 11) is 4.52. The fourth-order valence-electron chi connectivity index (χ4n) is 3.57. The quantitative estimate of drug-likeness (QED) is 0.718. The van der Waals surface area contributed by atoms with Crippen LogP contribution in [0.2, 0.25) is 10.0 Å². The standard InChI is InChI=1S/C21H24Cl2N2O2.ClH/c1-25(2,18-8-10-27-11-9-18)14-15-4-3-5-17(12-15)24-21(26)16-6-7-19(22)20(23)13-16;/h3-7,12-13,18H,8-11,14H2,1-2H3;1H. The van der Waals surface area contributed by atoms with Crippen LogP contribution in [0.3, 0.4) is 0 Å². The van der Waals surface area contributed by atoms with Gasteiger partial charge in [-0.05, 0) is 30.3 Å². The molecule has 1 amide bonds. The third-order valence-electron chi connectivity index (χ3n) is 5.14. The van der Waals surface area contributed by atoms with E-state index in [4.69, 9.17) is 27.9 Å². The molecule has 1 heterocycles. The molecule has 4 nitrogen and oxygen atoms in total. The van der Waals surface area contributed by atoms with Crippen molar-refractivity contribution in [3.8, 4) is 0 Å². The molecule has 1 fully saturated rings. The van der Waals surface area contributed by atoms with E-state index in [1.54, 1.807) is 18.2 Å². The molecule has 0 radical (unpaired) electrons. The number of hydrogen-bond acceptors (Lipinski definition) is 2. The van der Waals surface area contributed by atoms with E-state index in [-0.39, 0.29) is 18.3 Å². The average Bonchev–Trinajstić information content (AvgIpc) is 2.64. The Morgan fingerprint density at radius 3 is 2.50 bits per heavy atom. The predicted molar refractivity (Wildman–Crippen MR) is 111 cm³/mol. The van der Waals surface area contributed by atoms with E-state index < -0.39 is 0 Å². The lowest BCUT2D eigenvalue weighted by Crippen LogP contribution is -3.00. The highest BCUT2D eigenvalue weighted by atomic mass is 35.5. The number of carbonyl (C=O) groups is 1. The Labute approximate surface area is 182 Å².